The summed E-state index contributed by atoms with van der Waals surface area (Å²) in [6.07, 6.45) is 1.47. The van der Waals surface area contributed by atoms with Gasteiger partial charge in [-0.2, -0.15) is 5.10 Å². The number of hydrogen-bond acceptors (Lipinski definition) is 6. The standard InChI is InChI=1S/C19H16ClN5O2S2/c1-11(17(26)21-9-14-6-3-7-28-14)29-19-23-16-15(18(27)24-19)10-22-25(16)13-5-2-4-12(20)8-13/h2-8,10-11H,9H2,1H3,(H,21,26)(H,23,24,27)/t11-/m1/s1. The van der Waals surface area contributed by atoms with Gasteiger partial charge in [-0.25, -0.2) is 9.67 Å². The molecular weight excluding hydrogens is 430 g/mol. The highest BCUT2D eigenvalue weighted by molar-refractivity contribution is 8.00. The summed E-state index contributed by atoms with van der Waals surface area (Å²) in [7, 11) is 0. The van der Waals surface area contributed by atoms with Gasteiger partial charge in [-0.1, -0.05) is 35.5 Å². The molecule has 0 radical (unpaired) electrons. The van der Waals surface area contributed by atoms with Gasteiger partial charge in [-0.3, -0.25) is 9.59 Å². The Morgan fingerprint density at radius 1 is 1.38 bits per heavy atom. The summed E-state index contributed by atoms with van der Waals surface area (Å²) in [5.41, 5.74) is 0.796. The summed E-state index contributed by atoms with van der Waals surface area (Å²) in [5.74, 6) is -0.130. The largest absolute Gasteiger partial charge is 0.350 e. The summed E-state index contributed by atoms with van der Waals surface area (Å²) in [6, 6.07) is 11.0. The number of carbonyl (C=O) groups excluding carboxylic acids is 1. The van der Waals surface area contributed by atoms with Crippen molar-refractivity contribution in [3.63, 3.8) is 0 Å². The molecule has 1 aromatic carbocycles. The minimum Gasteiger partial charge on any atom is -0.350 e. The third kappa shape index (κ3) is 4.36. The van der Waals surface area contributed by atoms with Gasteiger partial charge in [0.1, 0.15) is 5.39 Å². The van der Waals surface area contributed by atoms with Crippen LogP contribution in [0, 0.1) is 0 Å². The number of nitrogens with one attached hydrogen (secondary N) is 2. The van der Waals surface area contributed by atoms with Crippen LogP contribution in [0.15, 0.2) is 57.9 Å². The van der Waals surface area contributed by atoms with E-state index in [0.717, 1.165) is 4.88 Å². The van der Waals surface area contributed by atoms with Crippen LogP contribution in [0.4, 0.5) is 0 Å². The highest BCUT2D eigenvalue weighted by Gasteiger charge is 2.18. The topological polar surface area (TPSA) is 92.7 Å². The summed E-state index contributed by atoms with van der Waals surface area (Å²) in [6.45, 7) is 2.25. The molecule has 0 unspecified atom stereocenters. The van der Waals surface area contributed by atoms with E-state index in [0.29, 0.717) is 33.4 Å². The first-order valence-corrected chi connectivity index (χ1v) is 10.9. The van der Waals surface area contributed by atoms with Crippen LogP contribution in [-0.2, 0) is 11.3 Å². The molecule has 4 aromatic rings. The van der Waals surface area contributed by atoms with Crippen LogP contribution in [-0.4, -0.2) is 30.9 Å². The van der Waals surface area contributed by atoms with Gasteiger partial charge in [0, 0.05) is 9.90 Å². The minimum atomic E-state index is -0.432. The molecule has 0 aliphatic carbocycles. The van der Waals surface area contributed by atoms with Crippen LogP contribution >= 0.6 is 34.7 Å². The second-order valence-electron chi connectivity index (χ2n) is 6.20. The third-order valence-corrected chi connectivity index (χ3v) is 6.24. The van der Waals surface area contributed by atoms with E-state index in [9.17, 15) is 9.59 Å². The van der Waals surface area contributed by atoms with Crippen LogP contribution in [0.5, 0.6) is 0 Å². The van der Waals surface area contributed by atoms with Gasteiger partial charge in [0.05, 0.1) is 23.7 Å². The number of H-pyrrole nitrogens is 1. The van der Waals surface area contributed by atoms with E-state index in [1.165, 1.54) is 18.0 Å². The van der Waals surface area contributed by atoms with E-state index < -0.39 is 5.25 Å². The highest BCUT2D eigenvalue weighted by atomic mass is 35.5. The molecule has 1 atom stereocenters. The van der Waals surface area contributed by atoms with Gasteiger partial charge in [0.15, 0.2) is 10.8 Å². The fourth-order valence-electron chi connectivity index (χ4n) is 2.70. The Morgan fingerprint density at radius 2 is 2.24 bits per heavy atom. The van der Waals surface area contributed by atoms with Gasteiger partial charge in [0.25, 0.3) is 5.56 Å². The molecule has 3 heterocycles. The highest BCUT2D eigenvalue weighted by Crippen LogP contribution is 2.22. The molecule has 0 aliphatic rings. The number of thiophene rings is 1. The van der Waals surface area contributed by atoms with Crippen LogP contribution in [0.25, 0.3) is 16.7 Å². The van der Waals surface area contributed by atoms with E-state index >= 15 is 0 Å². The van der Waals surface area contributed by atoms with Gasteiger partial charge in [-0.15, -0.1) is 11.3 Å². The van der Waals surface area contributed by atoms with Crippen LogP contribution in [0.1, 0.15) is 11.8 Å². The number of hydrogen-bond donors (Lipinski definition) is 2. The van der Waals surface area contributed by atoms with Crippen molar-refractivity contribution in [2.75, 3.05) is 0 Å². The van der Waals surface area contributed by atoms with Gasteiger partial charge in [-0.05, 0) is 36.6 Å². The number of nitrogens with zero attached hydrogens (tertiary/aromatic N) is 3. The average Bonchev–Trinajstić information content (AvgIpc) is 3.36. The Hall–Kier alpha value is -2.62. The number of fused-ring (bicyclic) bond motifs is 1. The summed E-state index contributed by atoms with van der Waals surface area (Å²) < 4.78 is 1.56. The zero-order valence-electron chi connectivity index (χ0n) is 15.3. The fourth-order valence-corrected chi connectivity index (χ4v) is 4.35. The predicted molar refractivity (Wildman–Crippen MR) is 116 cm³/mol. The zero-order chi connectivity index (χ0) is 20.4. The normalized spacial score (nSPS) is 12.2. The molecule has 7 nitrogen and oxygen atoms in total. The Kier molecular flexibility index (Phi) is 5.70. The second kappa shape index (κ2) is 8.40. The average molecular weight is 446 g/mol. The molecule has 29 heavy (non-hydrogen) atoms. The van der Waals surface area contributed by atoms with Crippen LogP contribution in [0.2, 0.25) is 5.02 Å². The monoisotopic (exact) mass is 445 g/mol. The molecule has 10 heteroatoms. The molecular formula is C19H16ClN5O2S2. The lowest BCUT2D eigenvalue weighted by molar-refractivity contribution is -0.120. The van der Waals surface area contributed by atoms with Gasteiger partial charge in [0.2, 0.25) is 5.91 Å². The van der Waals surface area contributed by atoms with E-state index in [2.05, 4.69) is 20.4 Å². The minimum absolute atomic E-state index is 0.130. The van der Waals surface area contributed by atoms with Crippen molar-refractivity contribution in [1.82, 2.24) is 25.1 Å². The van der Waals surface area contributed by atoms with Crippen molar-refractivity contribution < 1.29 is 4.79 Å². The molecule has 0 aliphatic heterocycles. The molecule has 0 fully saturated rings. The maximum atomic E-state index is 12.5. The van der Waals surface area contributed by atoms with Crippen molar-refractivity contribution in [2.24, 2.45) is 0 Å². The fraction of sp³-hybridized carbons (Fsp3) is 0.158. The molecule has 0 spiro atoms. The van der Waals surface area contributed by atoms with E-state index in [4.69, 9.17) is 11.6 Å². The number of thioether (sulfide) groups is 1. The number of carbonyl (C=O) groups is 1. The number of aromatic nitrogens is 4. The summed E-state index contributed by atoms with van der Waals surface area (Å²) in [4.78, 5) is 33.2. The molecule has 0 saturated heterocycles. The van der Waals surface area contributed by atoms with Crippen molar-refractivity contribution in [3.8, 4) is 5.69 Å². The van der Waals surface area contributed by atoms with Crippen molar-refractivity contribution >= 4 is 51.6 Å². The zero-order valence-corrected chi connectivity index (χ0v) is 17.6. The third-order valence-electron chi connectivity index (χ3n) is 4.14. The molecule has 1 amide bonds. The predicted octanol–water partition coefficient (Wildman–Crippen LogP) is 3.62. The first-order valence-electron chi connectivity index (χ1n) is 8.72. The van der Waals surface area contributed by atoms with Crippen LogP contribution in [0.3, 0.4) is 0 Å². The Morgan fingerprint density at radius 3 is 3.00 bits per heavy atom. The number of aromatic amines is 1. The smallest absolute Gasteiger partial charge is 0.262 e. The number of halogens is 1. The van der Waals surface area contributed by atoms with Crippen molar-refractivity contribution in [1.29, 1.82) is 0 Å². The quantitative estimate of drug-likeness (QED) is 0.349. The molecule has 3 aromatic heterocycles. The Balaban J connectivity index is 1.57. The lowest BCUT2D eigenvalue weighted by Gasteiger charge is -2.11. The maximum absolute atomic E-state index is 12.5. The lowest BCUT2D eigenvalue weighted by atomic mass is 10.3. The van der Waals surface area contributed by atoms with Gasteiger partial charge >= 0.3 is 0 Å². The van der Waals surface area contributed by atoms with Crippen LogP contribution < -0.4 is 10.9 Å². The number of rotatable bonds is 6. The Bertz CT molecular complexity index is 1220. The maximum Gasteiger partial charge on any atom is 0.262 e. The summed E-state index contributed by atoms with van der Waals surface area (Å²) in [5, 5.41) is 9.97. The van der Waals surface area contributed by atoms with Crippen molar-refractivity contribution in [3.05, 3.63) is 68.2 Å². The van der Waals surface area contributed by atoms with E-state index in [1.54, 1.807) is 41.1 Å². The Labute approximate surface area is 179 Å². The van der Waals surface area contributed by atoms with E-state index in [1.807, 2.05) is 23.6 Å². The number of benzene rings is 1. The first kappa shape index (κ1) is 19.7. The van der Waals surface area contributed by atoms with Crippen molar-refractivity contribution in [2.45, 2.75) is 23.9 Å². The van der Waals surface area contributed by atoms with Gasteiger partial charge < -0.3 is 10.3 Å². The SMILES string of the molecule is C[C@@H](Sc1nc2c(cnn2-c2cccc(Cl)c2)c(=O)[nH]1)C(=O)NCc1cccs1. The number of amides is 1. The second-order valence-corrected chi connectivity index (χ2v) is 9.00. The van der Waals surface area contributed by atoms with E-state index in [-0.39, 0.29) is 11.5 Å². The molecule has 0 bridgehead atoms. The molecule has 2 N–H and O–H groups in total. The summed E-state index contributed by atoms with van der Waals surface area (Å²) >= 11 is 8.84. The first-order chi connectivity index (χ1) is 14.0. The molecule has 148 valence electrons. The molecule has 0 saturated carbocycles. The lowest BCUT2D eigenvalue weighted by Crippen LogP contribution is -2.30. The molecule has 4 rings (SSSR count).